The van der Waals surface area contributed by atoms with E-state index in [0.717, 1.165) is 0 Å². The molecular weight excluding hydrogens is 224 g/mol. The van der Waals surface area contributed by atoms with E-state index in [0.29, 0.717) is 19.0 Å². The number of rotatable bonds is 6. The molecule has 1 aliphatic rings. The molecule has 4 nitrogen and oxygen atoms in total. The highest BCUT2D eigenvalue weighted by molar-refractivity contribution is 7.89. The van der Waals surface area contributed by atoms with Crippen molar-refractivity contribution in [3.63, 3.8) is 0 Å². The summed E-state index contributed by atoms with van der Waals surface area (Å²) in [5, 5.41) is 2.88. The first-order valence-corrected chi connectivity index (χ1v) is 7.76. The summed E-state index contributed by atoms with van der Waals surface area (Å²) < 4.78 is 25.2. The lowest BCUT2D eigenvalue weighted by Crippen LogP contribution is -2.36. The average Bonchev–Trinajstić information content (AvgIpc) is 2.28. The fourth-order valence-electron chi connectivity index (χ4n) is 2.23. The van der Waals surface area contributed by atoms with E-state index in [9.17, 15) is 8.42 Å². The Morgan fingerprint density at radius 3 is 2.44 bits per heavy atom. The molecule has 1 fully saturated rings. The Balaban J connectivity index is 2.40. The molecule has 5 heteroatoms. The third kappa shape index (κ3) is 4.39. The largest absolute Gasteiger partial charge is 0.319 e. The Bertz CT molecular complexity index is 284. The van der Waals surface area contributed by atoms with Gasteiger partial charge in [-0.3, -0.25) is 0 Å². The van der Waals surface area contributed by atoms with Crippen molar-refractivity contribution in [1.82, 2.24) is 9.62 Å². The van der Waals surface area contributed by atoms with Crippen LogP contribution in [0.25, 0.3) is 0 Å². The zero-order valence-electron chi connectivity index (χ0n) is 10.4. The van der Waals surface area contributed by atoms with Gasteiger partial charge < -0.3 is 5.32 Å². The van der Waals surface area contributed by atoms with Crippen molar-refractivity contribution in [2.24, 2.45) is 5.92 Å². The van der Waals surface area contributed by atoms with E-state index >= 15 is 0 Å². The van der Waals surface area contributed by atoms with Gasteiger partial charge in [-0.05, 0) is 25.8 Å². The molecule has 0 aromatic heterocycles. The molecule has 0 radical (unpaired) electrons. The Hall–Kier alpha value is -0.130. The van der Waals surface area contributed by atoms with Gasteiger partial charge in [0.25, 0.3) is 0 Å². The first kappa shape index (κ1) is 13.9. The summed E-state index contributed by atoms with van der Waals surface area (Å²) in [7, 11) is 0.431. The van der Waals surface area contributed by atoms with Gasteiger partial charge in [-0.25, -0.2) is 12.7 Å². The molecule has 1 rings (SSSR count). The van der Waals surface area contributed by atoms with Crippen LogP contribution in [0.5, 0.6) is 0 Å². The van der Waals surface area contributed by atoms with Crippen LogP contribution in [0.2, 0.25) is 0 Å². The maximum atomic E-state index is 11.8. The molecule has 1 N–H and O–H groups in total. The van der Waals surface area contributed by atoms with Gasteiger partial charge in [-0.2, -0.15) is 0 Å². The molecule has 0 heterocycles. The number of hydrogen-bond donors (Lipinski definition) is 1. The summed E-state index contributed by atoms with van der Waals surface area (Å²) in [6.07, 6.45) is 6.20. The predicted octanol–water partition coefficient (Wildman–Crippen LogP) is 1.05. The predicted molar refractivity (Wildman–Crippen MR) is 66.9 cm³/mol. The van der Waals surface area contributed by atoms with E-state index in [1.54, 1.807) is 18.4 Å². The topological polar surface area (TPSA) is 49.4 Å². The molecule has 0 bridgehead atoms. The van der Waals surface area contributed by atoms with Crippen molar-refractivity contribution >= 4 is 10.0 Å². The fourth-order valence-corrected chi connectivity index (χ4v) is 3.45. The van der Waals surface area contributed by atoms with E-state index in [1.807, 2.05) is 0 Å². The molecule has 0 spiro atoms. The summed E-state index contributed by atoms with van der Waals surface area (Å²) in [6.45, 7) is 1.23. The van der Waals surface area contributed by atoms with Crippen LogP contribution in [0.1, 0.15) is 32.1 Å². The molecule has 0 atom stereocenters. The number of nitrogens with zero attached hydrogens (tertiary/aromatic N) is 1. The minimum atomic E-state index is -3.05. The lowest BCUT2D eigenvalue weighted by Gasteiger charge is -2.26. The van der Waals surface area contributed by atoms with Crippen molar-refractivity contribution in [2.75, 3.05) is 32.9 Å². The van der Waals surface area contributed by atoms with Crippen LogP contribution in [-0.4, -0.2) is 45.7 Å². The van der Waals surface area contributed by atoms with Gasteiger partial charge in [0, 0.05) is 20.1 Å². The molecule has 1 aliphatic carbocycles. The van der Waals surface area contributed by atoms with Gasteiger partial charge in [0.05, 0.1) is 5.75 Å². The third-order valence-electron chi connectivity index (χ3n) is 3.32. The first-order valence-electron chi connectivity index (χ1n) is 6.15. The van der Waals surface area contributed by atoms with E-state index in [-0.39, 0.29) is 5.75 Å². The van der Waals surface area contributed by atoms with Crippen LogP contribution in [-0.2, 0) is 10.0 Å². The van der Waals surface area contributed by atoms with Crippen molar-refractivity contribution in [3.8, 4) is 0 Å². The normalized spacial score (nSPS) is 19.2. The molecule has 0 unspecified atom stereocenters. The molecule has 16 heavy (non-hydrogen) atoms. The molecule has 0 aromatic carbocycles. The van der Waals surface area contributed by atoms with Crippen molar-refractivity contribution in [2.45, 2.75) is 32.1 Å². The fraction of sp³-hybridized carbons (Fsp3) is 1.00. The van der Waals surface area contributed by atoms with Gasteiger partial charge in [-0.1, -0.05) is 19.3 Å². The molecule has 96 valence electrons. The lowest BCUT2D eigenvalue weighted by molar-refractivity contribution is 0.300. The van der Waals surface area contributed by atoms with Crippen molar-refractivity contribution < 1.29 is 8.42 Å². The smallest absolute Gasteiger partial charge is 0.215 e. The quantitative estimate of drug-likeness (QED) is 0.764. The Morgan fingerprint density at radius 1 is 1.25 bits per heavy atom. The highest BCUT2D eigenvalue weighted by Gasteiger charge is 2.22. The lowest BCUT2D eigenvalue weighted by atomic mass is 9.89. The van der Waals surface area contributed by atoms with Crippen molar-refractivity contribution in [1.29, 1.82) is 0 Å². The standard InChI is InChI=1S/C11H24N2O2S/c1-12-8-9-16(14,15)13(2)10-11-6-4-3-5-7-11/h11-12H,3-10H2,1-2H3. The maximum absolute atomic E-state index is 11.8. The van der Waals surface area contributed by atoms with Crippen molar-refractivity contribution in [3.05, 3.63) is 0 Å². The summed E-state index contributed by atoms with van der Waals surface area (Å²) in [6, 6.07) is 0. The van der Waals surface area contributed by atoms with Crippen LogP contribution in [0.15, 0.2) is 0 Å². The van der Waals surface area contributed by atoms with Gasteiger partial charge in [-0.15, -0.1) is 0 Å². The third-order valence-corrected chi connectivity index (χ3v) is 5.14. The average molecular weight is 248 g/mol. The summed E-state index contributed by atoms with van der Waals surface area (Å²) >= 11 is 0. The molecule has 0 aromatic rings. The van der Waals surface area contributed by atoms with Gasteiger partial charge in [0.2, 0.25) is 10.0 Å². The number of hydrogen-bond acceptors (Lipinski definition) is 3. The first-order chi connectivity index (χ1) is 7.56. The van der Waals surface area contributed by atoms with E-state index < -0.39 is 10.0 Å². The monoisotopic (exact) mass is 248 g/mol. The minimum Gasteiger partial charge on any atom is -0.319 e. The Labute approximate surface area is 99.5 Å². The minimum absolute atomic E-state index is 0.201. The zero-order chi connectivity index (χ0) is 12.0. The van der Waals surface area contributed by atoms with Crippen LogP contribution in [0, 0.1) is 5.92 Å². The molecule has 0 amide bonds. The second-order valence-electron chi connectivity index (χ2n) is 4.70. The summed E-state index contributed by atoms with van der Waals surface area (Å²) in [5.74, 6) is 0.773. The van der Waals surface area contributed by atoms with E-state index in [1.165, 1.54) is 32.1 Å². The summed E-state index contributed by atoms with van der Waals surface area (Å²) in [4.78, 5) is 0. The highest BCUT2D eigenvalue weighted by atomic mass is 32.2. The van der Waals surface area contributed by atoms with E-state index in [2.05, 4.69) is 5.32 Å². The maximum Gasteiger partial charge on any atom is 0.215 e. The summed E-state index contributed by atoms with van der Waals surface area (Å²) in [5.41, 5.74) is 0. The van der Waals surface area contributed by atoms with Crippen LogP contribution < -0.4 is 5.32 Å². The van der Waals surface area contributed by atoms with Gasteiger partial charge in [0.15, 0.2) is 0 Å². The van der Waals surface area contributed by atoms with Gasteiger partial charge in [0.1, 0.15) is 0 Å². The highest BCUT2D eigenvalue weighted by Crippen LogP contribution is 2.24. The Morgan fingerprint density at radius 2 is 1.88 bits per heavy atom. The number of nitrogens with one attached hydrogen (secondary N) is 1. The van der Waals surface area contributed by atoms with E-state index in [4.69, 9.17) is 0 Å². The second-order valence-corrected chi connectivity index (χ2v) is 6.90. The molecular formula is C11H24N2O2S. The molecule has 0 saturated heterocycles. The molecule has 0 aliphatic heterocycles. The van der Waals surface area contributed by atoms with Crippen LogP contribution >= 0.6 is 0 Å². The van der Waals surface area contributed by atoms with Gasteiger partial charge >= 0.3 is 0 Å². The number of sulfonamides is 1. The Kier molecular flexibility index (Phi) is 5.72. The van der Waals surface area contributed by atoms with Crippen LogP contribution in [0.4, 0.5) is 0 Å². The SMILES string of the molecule is CNCCS(=O)(=O)N(C)CC1CCCCC1. The molecule has 1 saturated carbocycles. The second kappa shape index (κ2) is 6.57. The van der Waals surface area contributed by atoms with Crippen LogP contribution in [0.3, 0.4) is 0 Å². The zero-order valence-corrected chi connectivity index (χ0v) is 11.2.